The summed E-state index contributed by atoms with van der Waals surface area (Å²) in [5.74, 6) is -1.00. The Bertz CT molecular complexity index is 718. The maximum Gasteiger partial charge on any atom is 0.159 e. The molecule has 0 saturated carbocycles. The van der Waals surface area contributed by atoms with Crippen LogP contribution in [0.4, 0.5) is 14.5 Å². The number of aliphatic hydroxyl groups is 1. The predicted molar refractivity (Wildman–Crippen MR) is 93.0 cm³/mol. The SMILES string of the molecule is COc1cccc(N2CCN(CC(O)c3ccc(F)c(F)c3)CC2)c1. The quantitative estimate of drug-likeness (QED) is 0.901. The zero-order chi connectivity index (χ0) is 17.8. The Kier molecular flexibility index (Phi) is 5.50. The number of hydrogen-bond acceptors (Lipinski definition) is 4. The van der Waals surface area contributed by atoms with Crippen LogP contribution in [0.1, 0.15) is 11.7 Å². The van der Waals surface area contributed by atoms with E-state index < -0.39 is 17.7 Å². The first-order valence-corrected chi connectivity index (χ1v) is 8.31. The van der Waals surface area contributed by atoms with Gasteiger partial charge in [0.05, 0.1) is 13.2 Å². The third-order valence-electron chi connectivity index (χ3n) is 4.55. The average Bonchev–Trinajstić information content (AvgIpc) is 2.64. The third kappa shape index (κ3) is 4.27. The number of benzene rings is 2. The second-order valence-electron chi connectivity index (χ2n) is 6.18. The highest BCUT2D eigenvalue weighted by Gasteiger charge is 2.21. The van der Waals surface area contributed by atoms with Gasteiger partial charge in [0.15, 0.2) is 11.6 Å². The molecule has 2 aromatic rings. The minimum atomic E-state index is -0.931. The summed E-state index contributed by atoms with van der Waals surface area (Å²) in [4.78, 5) is 4.39. The van der Waals surface area contributed by atoms with Gasteiger partial charge in [-0.2, -0.15) is 0 Å². The zero-order valence-corrected chi connectivity index (χ0v) is 14.2. The molecule has 1 atom stereocenters. The number of piperazine rings is 1. The van der Waals surface area contributed by atoms with Crippen molar-refractivity contribution in [2.75, 3.05) is 44.7 Å². The van der Waals surface area contributed by atoms with Crippen molar-refractivity contribution in [2.24, 2.45) is 0 Å². The molecule has 1 unspecified atom stereocenters. The fourth-order valence-electron chi connectivity index (χ4n) is 3.07. The van der Waals surface area contributed by atoms with Crippen LogP contribution in [-0.4, -0.2) is 49.8 Å². The first-order valence-electron chi connectivity index (χ1n) is 8.31. The molecule has 134 valence electrons. The summed E-state index contributed by atoms with van der Waals surface area (Å²) < 4.78 is 31.6. The monoisotopic (exact) mass is 348 g/mol. The molecule has 1 heterocycles. The van der Waals surface area contributed by atoms with Crippen LogP contribution in [0.25, 0.3) is 0 Å². The standard InChI is InChI=1S/C19H22F2N2O2/c1-25-16-4-2-3-15(12-16)23-9-7-22(8-10-23)13-19(24)14-5-6-17(20)18(21)11-14/h2-6,11-12,19,24H,7-10,13H2,1H3. The summed E-state index contributed by atoms with van der Waals surface area (Å²) in [5.41, 5.74) is 1.51. The van der Waals surface area contributed by atoms with E-state index in [1.165, 1.54) is 6.07 Å². The molecule has 4 nitrogen and oxygen atoms in total. The summed E-state index contributed by atoms with van der Waals surface area (Å²) >= 11 is 0. The van der Waals surface area contributed by atoms with Crippen molar-refractivity contribution in [3.8, 4) is 5.75 Å². The van der Waals surface area contributed by atoms with Gasteiger partial charge < -0.3 is 14.7 Å². The van der Waals surface area contributed by atoms with Crippen molar-refractivity contribution < 1.29 is 18.6 Å². The Morgan fingerprint density at radius 2 is 1.80 bits per heavy atom. The second-order valence-corrected chi connectivity index (χ2v) is 6.18. The third-order valence-corrected chi connectivity index (χ3v) is 4.55. The Balaban J connectivity index is 1.56. The van der Waals surface area contributed by atoms with Gasteiger partial charge in [0.1, 0.15) is 5.75 Å². The van der Waals surface area contributed by atoms with E-state index in [-0.39, 0.29) is 0 Å². The van der Waals surface area contributed by atoms with Crippen molar-refractivity contribution in [1.82, 2.24) is 4.90 Å². The fraction of sp³-hybridized carbons (Fsp3) is 0.368. The number of halogens is 2. The van der Waals surface area contributed by atoms with Gasteiger partial charge in [-0.3, -0.25) is 4.90 Å². The number of β-amino-alcohol motifs (C(OH)–C–C–N with tert-alkyl or cyclic N) is 1. The number of anilines is 1. The lowest BCUT2D eigenvalue weighted by Gasteiger charge is -2.37. The van der Waals surface area contributed by atoms with Crippen LogP contribution in [0.2, 0.25) is 0 Å². The van der Waals surface area contributed by atoms with E-state index in [4.69, 9.17) is 4.74 Å². The van der Waals surface area contributed by atoms with Crippen LogP contribution in [0.15, 0.2) is 42.5 Å². The Hall–Kier alpha value is -2.18. The van der Waals surface area contributed by atoms with Gasteiger partial charge in [-0.15, -0.1) is 0 Å². The topological polar surface area (TPSA) is 35.9 Å². The molecule has 2 aromatic carbocycles. The first-order chi connectivity index (χ1) is 12.1. The van der Waals surface area contributed by atoms with Gasteiger partial charge in [0, 0.05) is 44.5 Å². The predicted octanol–water partition coefficient (Wildman–Crippen LogP) is 2.83. The van der Waals surface area contributed by atoms with Crippen molar-refractivity contribution in [3.63, 3.8) is 0 Å². The van der Waals surface area contributed by atoms with Crippen molar-refractivity contribution in [3.05, 3.63) is 59.7 Å². The minimum absolute atomic E-state index is 0.397. The van der Waals surface area contributed by atoms with Gasteiger partial charge in [0.25, 0.3) is 0 Å². The van der Waals surface area contributed by atoms with E-state index in [0.29, 0.717) is 12.1 Å². The van der Waals surface area contributed by atoms with Crippen molar-refractivity contribution >= 4 is 5.69 Å². The highest BCUT2D eigenvalue weighted by Crippen LogP contribution is 2.23. The maximum atomic E-state index is 13.3. The molecule has 6 heteroatoms. The molecule has 0 amide bonds. The molecular formula is C19H22F2N2O2. The van der Waals surface area contributed by atoms with E-state index in [1.807, 2.05) is 24.3 Å². The van der Waals surface area contributed by atoms with Gasteiger partial charge in [-0.25, -0.2) is 8.78 Å². The molecule has 0 aromatic heterocycles. The molecule has 0 bridgehead atoms. The number of hydrogen-bond donors (Lipinski definition) is 1. The van der Waals surface area contributed by atoms with Gasteiger partial charge in [-0.1, -0.05) is 12.1 Å². The summed E-state index contributed by atoms with van der Waals surface area (Å²) in [6.07, 6.45) is -0.835. The molecule has 3 rings (SSSR count). The van der Waals surface area contributed by atoms with Crippen LogP contribution in [0.5, 0.6) is 5.75 Å². The number of nitrogens with zero attached hydrogens (tertiary/aromatic N) is 2. The normalized spacial score (nSPS) is 16.7. The molecule has 1 fully saturated rings. The van der Waals surface area contributed by atoms with Crippen molar-refractivity contribution in [1.29, 1.82) is 0 Å². The number of rotatable bonds is 5. The molecule has 1 aliphatic rings. The number of aliphatic hydroxyl groups excluding tert-OH is 1. The summed E-state index contributed by atoms with van der Waals surface area (Å²) in [6, 6.07) is 11.5. The van der Waals surface area contributed by atoms with Crippen LogP contribution in [-0.2, 0) is 0 Å². The Morgan fingerprint density at radius 1 is 1.04 bits per heavy atom. The summed E-state index contributed by atoms with van der Waals surface area (Å²) in [6.45, 7) is 3.64. The molecule has 0 radical (unpaired) electrons. The fourth-order valence-corrected chi connectivity index (χ4v) is 3.07. The average molecular weight is 348 g/mol. The zero-order valence-electron chi connectivity index (χ0n) is 14.2. The minimum Gasteiger partial charge on any atom is -0.497 e. The number of ether oxygens (including phenoxy) is 1. The maximum absolute atomic E-state index is 13.3. The molecule has 1 aliphatic heterocycles. The second kappa shape index (κ2) is 7.80. The van der Waals surface area contributed by atoms with E-state index in [2.05, 4.69) is 9.80 Å². The van der Waals surface area contributed by atoms with Crippen LogP contribution < -0.4 is 9.64 Å². The van der Waals surface area contributed by atoms with E-state index >= 15 is 0 Å². The Labute approximate surface area is 146 Å². The molecule has 0 aliphatic carbocycles. The lowest BCUT2D eigenvalue weighted by atomic mass is 10.1. The number of methoxy groups -OCH3 is 1. The molecule has 1 N–H and O–H groups in total. The van der Waals surface area contributed by atoms with Crippen LogP contribution >= 0.6 is 0 Å². The molecular weight excluding hydrogens is 326 g/mol. The summed E-state index contributed by atoms with van der Waals surface area (Å²) in [7, 11) is 1.65. The Morgan fingerprint density at radius 3 is 2.48 bits per heavy atom. The van der Waals surface area contributed by atoms with Crippen LogP contribution in [0.3, 0.4) is 0 Å². The van der Waals surface area contributed by atoms with Gasteiger partial charge >= 0.3 is 0 Å². The lowest BCUT2D eigenvalue weighted by Crippen LogP contribution is -2.47. The highest BCUT2D eigenvalue weighted by molar-refractivity contribution is 5.51. The van der Waals surface area contributed by atoms with Gasteiger partial charge in [-0.05, 0) is 29.8 Å². The lowest BCUT2D eigenvalue weighted by molar-refractivity contribution is 0.109. The van der Waals surface area contributed by atoms with Gasteiger partial charge in [0.2, 0.25) is 0 Å². The smallest absolute Gasteiger partial charge is 0.159 e. The molecule has 0 spiro atoms. The highest BCUT2D eigenvalue weighted by atomic mass is 19.2. The molecule has 25 heavy (non-hydrogen) atoms. The van der Waals surface area contributed by atoms with E-state index in [9.17, 15) is 13.9 Å². The van der Waals surface area contributed by atoms with E-state index in [1.54, 1.807) is 7.11 Å². The largest absolute Gasteiger partial charge is 0.497 e. The van der Waals surface area contributed by atoms with Crippen LogP contribution in [0, 0.1) is 11.6 Å². The molecule has 1 saturated heterocycles. The first kappa shape index (κ1) is 17.6. The summed E-state index contributed by atoms with van der Waals surface area (Å²) in [5, 5.41) is 10.3. The van der Waals surface area contributed by atoms with Crippen molar-refractivity contribution in [2.45, 2.75) is 6.10 Å². The van der Waals surface area contributed by atoms with E-state index in [0.717, 1.165) is 49.7 Å².